The van der Waals surface area contributed by atoms with Gasteiger partial charge in [-0.25, -0.2) is 0 Å². The molecule has 1 N–H and O–H groups in total. The number of nitrogens with one attached hydrogen (secondary N) is 1. The molecule has 1 fully saturated rings. The van der Waals surface area contributed by atoms with Gasteiger partial charge >= 0.3 is 0 Å². The lowest BCUT2D eigenvalue weighted by Gasteiger charge is -2.26. The Morgan fingerprint density at radius 2 is 1.96 bits per heavy atom. The minimum atomic E-state index is 0.131. The van der Waals surface area contributed by atoms with E-state index in [9.17, 15) is 4.79 Å². The predicted molar refractivity (Wildman–Crippen MR) is 88.7 cm³/mol. The standard InChI is InChI=1S/C15H26N6O2/c1-11(2)13-17-14(19-15(18-13)20(3)4)16-6-5-12(22)21-7-9-23-10-8-21/h11H,5-10H2,1-4H3,(H,16,17,18,19). The Labute approximate surface area is 137 Å². The summed E-state index contributed by atoms with van der Waals surface area (Å²) in [6.45, 7) is 7.18. The Morgan fingerprint density at radius 3 is 2.57 bits per heavy atom. The summed E-state index contributed by atoms with van der Waals surface area (Å²) in [6, 6.07) is 0. The van der Waals surface area contributed by atoms with Gasteiger partial charge in [-0.15, -0.1) is 0 Å². The van der Waals surface area contributed by atoms with Crippen molar-refractivity contribution in [2.24, 2.45) is 0 Å². The second kappa shape index (κ2) is 8.05. The van der Waals surface area contributed by atoms with E-state index in [0.717, 1.165) is 5.82 Å². The van der Waals surface area contributed by atoms with Gasteiger partial charge in [0.1, 0.15) is 5.82 Å². The molecule has 1 aromatic rings. The fourth-order valence-corrected chi connectivity index (χ4v) is 2.17. The summed E-state index contributed by atoms with van der Waals surface area (Å²) >= 11 is 0. The first-order valence-electron chi connectivity index (χ1n) is 8.00. The Hall–Kier alpha value is -1.96. The molecule has 1 aliphatic heterocycles. The number of hydrogen-bond acceptors (Lipinski definition) is 7. The molecule has 23 heavy (non-hydrogen) atoms. The van der Waals surface area contributed by atoms with E-state index < -0.39 is 0 Å². The zero-order valence-corrected chi connectivity index (χ0v) is 14.4. The zero-order chi connectivity index (χ0) is 16.8. The lowest BCUT2D eigenvalue weighted by atomic mass is 10.2. The van der Waals surface area contributed by atoms with Gasteiger partial charge in [0.2, 0.25) is 17.8 Å². The first kappa shape index (κ1) is 17.4. The number of amides is 1. The van der Waals surface area contributed by atoms with Crippen LogP contribution in [0.15, 0.2) is 0 Å². The lowest BCUT2D eigenvalue weighted by Crippen LogP contribution is -2.41. The molecule has 0 spiro atoms. The molecule has 0 aromatic carbocycles. The molecule has 0 saturated carbocycles. The summed E-state index contributed by atoms with van der Waals surface area (Å²) in [5.41, 5.74) is 0. The Bertz CT molecular complexity index is 502. The molecule has 0 unspecified atom stereocenters. The van der Waals surface area contributed by atoms with Crippen LogP contribution in [-0.2, 0) is 9.53 Å². The van der Waals surface area contributed by atoms with E-state index in [0.29, 0.717) is 51.2 Å². The van der Waals surface area contributed by atoms with E-state index >= 15 is 0 Å². The van der Waals surface area contributed by atoms with Crippen LogP contribution in [0.2, 0.25) is 0 Å². The van der Waals surface area contributed by atoms with Crippen LogP contribution in [0.3, 0.4) is 0 Å². The summed E-state index contributed by atoms with van der Waals surface area (Å²) < 4.78 is 5.25. The quantitative estimate of drug-likeness (QED) is 0.826. The third-order valence-electron chi connectivity index (χ3n) is 3.54. The molecule has 8 nitrogen and oxygen atoms in total. The van der Waals surface area contributed by atoms with Crippen LogP contribution in [0, 0.1) is 0 Å². The van der Waals surface area contributed by atoms with Crippen LogP contribution in [0.1, 0.15) is 32.0 Å². The van der Waals surface area contributed by atoms with Crippen molar-refractivity contribution >= 4 is 17.8 Å². The van der Waals surface area contributed by atoms with Gasteiger partial charge in [0, 0.05) is 46.1 Å². The highest BCUT2D eigenvalue weighted by Gasteiger charge is 2.16. The molecule has 1 aromatic heterocycles. The van der Waals surface area contributed by atoms with Crippen LogP contribution in [-0.4, -0.2) is 72.7 Å². The third-order valence-corrected chi connectivity index (χ3v) is 3.54. The van der Waals surface area contributed by atoms with Gasteiger partial charge in [-0.2, -0.15) is 15.0 Å². The van der Waals surface area contributed by atoms with Gasteiger partial charge in [0.05, 0.1) is 13.2 Å². The van der Waals surface area contributed by atoms with E-state index in [1.807, 2.05) is 37.7 Å². The topological polar surface area (TPSA) is 83.5 Å². The van der Waals surface area contributed by atoms with Crippen molar-refractivity contribution in [2.75, 3.05) is 57.2 Å². The Balaban J connectivity index is 1.92. The van der Waals surface area contributed by atoms with Gasteiger partial charge in [-0.05, 0) is 0 Å². The number of rotatable bonds is 6. The van der Waals surface area contributed by atoms with Crippen LogP contribution >= 0.6 is 0 Å². The third kappa shape index (κ3) is 5.02. The van der Waals surface area contributed by atoms with E-state index in [1.54, 1.807) is 0 Å². The summed E-state index contributed by atoms with van der Waals surface area (Å²) in [5.74, 6) is 2.22. The van der Waals surface area contributed by atoms with E-state index in [1.165, 1.54) is 0 Å². The lowest BCUT2D eigenvalue weighted by molar-refractivity contribution is -0.134. The second-order valence-electron chi connectivity index (χ2n) is 6.04. The summed E-state index contributed by atoms with van der Waals surface area (Å²) in [7, 11) is 3.79. The van der Waals surface area contributed by atoms with E-state index in [4.69, 9.17) is 4.74 Å². The van der Waals surface area contributed by atoms with Gasteiger partial charge in [0.25, 0.3) is 0 Å². The maximum atomic E-state index is 12.1. The highest BCUT2D eigenvalue weighted by molar-refractivity contribution is 5.76. The molecule has 0 aliphatic carbocycles. The molecule has 1 saturated heterocycles. The van der Waals surface area contributed by atoms with Gasteiger partial charge in [0.15, 0.2) is 0 Å². The number of hydrogen-bond donors (Lipinski definition) is 1. The van der Waals surface area contributed by atoms with Gasteiger partial charge < -0.3 is 19.9 Å². The second-order valence-corrected chi connectivity index (χ2v) is 6.04. The molecule has 2 rings (SSSR count). The Morgan fingerprint density at radius 1 is 1.26 bits per heavy atom. The number of anilines is 2. The molecule has 1 amide bonds. The number of carbonyl (C=O) groups excluding carboxylic acids is 1. The SMILES string of the molecule is CC(C)c1nc(NCCC(=O)N2CCOCC2)nc(N(C)C)n1. The fraction of sp³-hybridized carbons (Fsp3) is 0.733. The average molecular weight is 322 g/mol. The molecule has 1 aliphatic rings. The molecule has 0 bridgehead atoms. The fourth-order valence-electron chi connectivity index (χ4n) is 2.17. The number of nitrogens with zero attached hydrogens (tertiary/aromatic N) is 5. The summed E-state index contributed by atoms with van der Waals surface area (Å²) in [5, 5.41) is 3.14. The first-order valence-corrected chi connectivity index (χ1v) is 8.00. The maximum absolute atomic E-state index is 12.1. The molecule has 0 atom stereocenters. The number of carbonyl (C=O) groups is 1. The zero-order valence-electron chi connectivity index (χ0n) is 14.4. The molecule has 8 heteroatoms. The van der Waals surface area contributed by atoms with E-state index in [2.05, 4.69) is 20.3 Å². The predicted octanol–water partition coefficient (Wildman–Crippen LogP) is 0.722. The van der Waals surface area contributed by atoms with Crippen molar-refractivity contribution in [3.05, 3.63) is 5.82 Å². The molecule has 128 valence electrons. The Kier molecular flexibility index (Phi) is 6.09. The minimum absolute atomic E-state index is 0.131. The molecule has 0 radical (unpaired) electrons. The van der Waals surface area contributed by atoms with Crippen LogP contribution in [0.5, 0.6) is 0 Å². The van der Waals surface area contributed by atoms with Crippen molar-refractivity contribution in [2.45, 2.75) is 26.2 Å². The van der Waals surface area contributed by atoms with Gasteiger partial charge in [-0.1, -0.05) is 13.8 Å². The van der Waals surface area contributed by atoms with Crippen molar-refractivity contribution in [3.8, 4) is 0 Å². The van der Waals surface area contributed by atoms with Crippen LogP contribution in [0.4, 0.5) is 11.9 Å². The molecular formula is C15H26N6O2. The first-order chi connectivity index (χ1) is 11.0. The van der Waals surface area contributed by atoms with Crippen molar-refractivity contribution in [3.63, 3.8) is 0 Å². The molecular weight excluding hydrogens is 296 g/mol. The van der Waals surface area contributed by atoms with Crippen LogP contribution in [0.25, 0.3) is 0 Å². The summed E-state index contributed by atoms with van der Waals surface area (Å²) in [4.78, 5) is 29.0. The maximum Gasteiger partial charge on any atom is 0.229 e. The smallest absolute Gasteiger partial charge is 0.229 e. The summed E-state index contributed by atoms with van der Waals surface area (Å²) in [6.07, 6.45) is 0.417. The number of aromatic nitrogens is 3. The van der Waals surface area contributed by atoms with E-state index in [-0.39, 0.29) is 11.8 Å². The molecule has 2 heterocycles. The monoisotopic (exact) mass is 322 g/mol. The largest absolute Gasteiger partial charge is 0.378 e. The number of morpholine rings is 1. The van der Waals surface area contributed by atoms with Crippen molar-refractivity contribution in [1.29, 1.82) is 0 Å². The highest BCUT2D eigenvalue weighted by Crippen LogP contribution is 2.15. The highest BCUT2D eigenvalue weighted by atomic mass is 16.5. The minimum Gasteiger partial charge on any atom is -0.378 e. The average Bonchev–Trinajstić information content (AvgIpc) is 2.55. The van der Waals surface area contributed by atoms with Gasteiger partial charge in [-0.3, -0.25) is 4.79 Å². The normalized spacial score (nSPS) is 14.9. The van der Waals surface area contributed by atoms with Crippen molar-refractivity contribution in [1.82, 2.24) is 19.9 Å². The van der Waals surface area contributed by atoms with Crippen LogP contribution < -0.4 is 10.2 Å². The number of ether oxygens (including phenoxy) is 1. The van der Waals surface area contributed by atoms with Crippen molar-refractivity contribution < 1.29 is 9.53 Å².